The van der Waals surface area contributed by atoms with Crippen molar-refractivity contribution in [1.82, 2.24) is 9.71 Å². The van der Waals surface area contributed by atoms with Crippen LogP contribution in [0.25, 0.3) is 5.57 Å². The molecular weight excluding hydrogens is 442 g/mol. The molecule has 0 aliphatic heterocycles. The van der Waals surface area contributed by atoms with E-state index in [-0.39, 0.29) is 17.8 Å². The summed E-state index contributed by atoms with van der Waals surface area (Å²) in [5, 5.41) is 17.1. The maximum Gasteiger partial charge on any atom is 0.303 e. The Morgan fingerprint density at radius 3 is 2.55 bits per heavy atom. The Balaban J connectivity index is 2.35. The lowest BCUT2D eigenvalue weighted by atomic mass is 9.97. The SMILES string of the molecule is CC(C)(C)CN=C(Nc1cccc(/C(=C\CCCC(=O)O)c2cccnc2)c1)NS(N)(=O)=O. The minimum absolute atomic E-state index is 0.0259. The number of rotatable bonds is 9. The van der Waals surface area contributed by atoms with Crippen LogP contribution in [0.1, 0.15) is 51.2 Å². The van der Waals surface area contributed by atoms with Gasteiger partial charge in [-0.25, -0.2) is 9.86 Å². The minimum Gasteiger partial charge on any atom is -0.481 e. The van der Waals surface area contributed by atoms with E-state index in [4.69, 9.17) is 10.2 Å². The van der Waals surface area contributed by atoms with E-state index < -0.39 is 16.2 Å². The van der Waals surface area contributed by atoms with E-state index >= 15 is 0 Å². The standard InChI is InChI=1S/C23H31N5O4S/c1-23(2,3)16-26-22(28-33(24,31)32)27-19-10-6-8-17(14-19)20(11-4-5-12-21(29)30)18-9-7-13-25-15-18/h6-11,13-15H,4-5,12,16H2,1-3H3,(H,29,30)(H2,24,31,32)(H2,26,27,28)/b20-11+. The number of carbonyl (C=O) groups is 1. The number of carboxylic acids is 1. The zero-order chi connectivity index (χ0) is 24.5. The van der Waals surface area contributed by atoms with Gasteiger partial charge in [0.05, 0.1) is 0 Å². The third-order valence-corrected chi connectivity index (χ3v) is 4.78. The fourth-order valence-corrected chi connectivity index (χ4v) is 3.26. The summed E-state index contributed by atoms with van der Waals surface area (Å²) >= 11 is 0. The smallest absolute Gasteiger partial charge is 0.303 e. The van der Waals surface area contributed by atoms with E-state index in [9.17, 15) is 13.2 Å². The number of aliphatic carboxylic acids is 1. The molecule has 0 fully saturated rings. The van der Waals surface area contributed by atoms with Crippen molar-refractivity contribution < 1.29 is 18.3 Å². The molecule has 0 saturated carbocycles. The van der Waals surface area contributed by atoms with Gasteiger partial charge in [0.25, 0.3) is 10.2 Å². The Morgan fingerprint density at radius 2 is 1.94 bits per heavy atom. The predicted molar refractivity (Wildman–Crippen MR) is 131 cm³/mol. The zero-order valence-electron chi connectivity index (χ0n) is 19.1. The molecule has 0 amide bonds. The molecule has 0 bridgehead atoms. The van der Waals surface area contributed by atoms with Crippen molar-refractivity contribution in [3.63, 3.8) is 0 Å². The van der Waals surface area contributed by atoms with Gasteiger partial charge in [0.2, 0.25) is 5.96 Å². The van der Waals surface area contributed by atoms with Gasteiger partial charge in [-0.1, -0.05) is 45.0 Å². The molecule has 0 atom stereocenters. The molecule has 0 unspecified atom stereocenters. The molecule has 1 aromatic heterocycles. The van der Waals surface area contributed by atoms with Gasteiger partial charge in [0.1, 0.15) is 0 Å². The third-order valence-electron chi connectivity index (χ3n) is 4.30. The number of guanidine groups is 1. The molecule has 2 aromatic rings. The van der Waals surface area contributed by atoms with E-state index in [1.807, 2.05) is 57.2 Å². The number of hydrogen-bond acceptors (Lipinski definition) is 5. The number of carboxylic acid groups (broad SMARTS) is 1. The Kier molecular flexibility index (Phi) is 9.12. The zero-order valence-corrected chi connectivity index (χ0v) is 19.9. The van der Waals surface area contributed by atoms with Crippen molar-refractivity contribution in [3.05, 3.63) is 66.0 Å². The Hall–Kier alpha value is -3.24. The molecule has 0 spiro atoms. The average Bonchev–Trinajstić information content (AvgIpc) is 2.71. The first kappa shape index (κ1) is 26.0. The number of aliphatic imine (C=N–C) groups is 1. The summed E-state index contributed by atoms with van der Waals surface area (Å²) in [4.78, 5) is 19.4. The van der Waals surface area contributed by atoms with Gasteiger partial charge >= 0.3 is 5.97 Å². The monoisotopic (exact) mass is 473 g/mol. The summed E-state index contributed by atoms with van der Waals surface area (Å²) < 4.78 is 25.4. The van der Waals surface area contributed by atoms with Crippen molar-refractivity contribution >= 4 is 33.4 Å². The average molecular weight is 474 g/mol. The first-order valence-corrected chi connectivity index (χ1v) is 12.0. The van der Waals surface area contributed by atoms with Gasteiger partial charge in [-0.05, 0) is 47.6 Å². The molecule has 9 nitrogen and oxygen atoms in total. The van der Waals surface area contributed by atoms with Crippen molar-refractivity contribution in [2.24, 2.45) is 15.5 Å². The molecule has 0 aliphatic carbocycles. The second-order valence-corrected chi connectivity index (χ2v) is 10.0. The summed E-state index contributed by atoms with van der Waals surface area (Å²) in [6, 6.07) is 11.1. The first-order valence-electron chi connectivity index (χ1n) is 10.5. The molecule has 0 radical (unpaired) electrons. The molecule has 178 valence electrons. The van der Waals surface area contributed by atoms with E-state index in [0.717, 1.165) is 16.7 Å². The number of allylic oxidation sites excluding steroid dienone is 1. The van der Waals surface area contributed by atoms with Crippen LogP contribution in [0.5, 0.6) is 0 Å². The number of hydrogen-bond donors (Lipinski definition) is 4. The summed E-state index contributed by atoms with van der Waals surface area (Å²) in [6.07, 6.45) is 6.59. The lowest BCUT2D eigenvalue weighted by molar-refractivity contribution is -0.137. The summed E-state index contributed by atoms with van der Waals surface area (Å²) in [7, 11) is -4.01. The van der Waals surface area contributed by atoms with Crippen LogP contribution < -0.4 is 15.2 Å². The fraction of sp³-hybridized carbons (Fsp3) is 0.348. The molecule has 10 heteroatoms. The largest absolute Gasteiger partial charge is 0.481 e. The highest BCUT2D eigenvalue weighted by Crippen LogP contribution is 2.26. The summed E-state index contributed by atoms with van der Waals surface area (Å²) in [5.41, 5.74) is 3.09. The number of aromatic nitrogens is 1. The number of nitrogens with zero attached hydrogens (tertiary/aromatic N) is 2. The topological polar surface area (TPSA) is 147 Å². The number of anilines is 1. The van der Waals surface area contributed by atoms with Crippen molar-refractivity contribution in [1.29, 1.82) is 0 Å². The first-order chi connectivity index (χ1) is 15.4. The van der Waals surface area contributed by atoms with Crippen LogP contribution in [-0.2, 0) is 15.0 Å². The fourth-order valence-electron chi connectivity index (χ4n) is 2.87. The number of pyridine rings is 1. The second kappa shape index (κ2) is 11.6. The van der Waals surface area contributed by atoms with Crippen LogP contribution >= 0.6 is 0 Å². The van der Waals surface area contributed by atoms with E-state index in [2.05, 4.69) is 20.0 Å². The molecule has 1 aromatic carbocycles. The molecule has 5 N–H and O–H groups in total. The molecule has 2 rings (SSSR count). The van der Waals surface area contributed by atoms with Gasteiger partial charge in [-0.2, -0.15) is 8.42 Å². The Bertz CT molecular complexity index is 1110. The highest BCUT2D eigenvalue weighted by Gasteiger charge is 2.13. The van der Waals surface area contributed by atoms with E-state index in [1.54, 1.807) is 18.5 Å². The van der Waals surface area contributed by atoms with Crippen LogP contribution in [0.3, 0.4) is 0 Å². The Morgan fingerprint density at radius 1 is 1.21 bits per heavy atom. The predicted octanol–water partition coefficient (Wildman–Crippen LogP) is 3.38. The third kappa shape index (κ3) is 10.3. The quantitative estimate of drug-likeness (QED) is 0.249. The van der Waals surface area contributed by atoms with Crippen molar-refractivity contribution in [3.8, 4) is 0 Å². The molecular formula is C23H31N5O4S. The maximum absolute atomic E-state index is 11.6. The van der Waals surface area contributed by atoms with Crippen LogP contribution in [-0.4, -0.2) is 37.0 Å². The number of benzene rings is 1. The number of nitrogens with one attached hydrogen (secondary N) is 2. The molecule has 33 heavy (non-hydrogen) atoms. The lowest BCUT2D eigenvalue weighted by Gasteiger charge is -2.17. The van der Waals surface area contributed by atoms with Gasteiger partial charge in [0.15, 0.2) is 0 Å². The summed E-state index contributed by atoms with van der Waals surface area (Å²) in [5.74, 6) is -0.806. The van der Waals surface area contributed by atoms with Crippen LogP contribution in [0.15, 0.2) is 59.9 Å². The van der Waals surface area contributed by atoms with Crippen LogP contribution in [0, 0.1) is 5.41 Å². The van der Waals surface area contributed by atoms with Crippen LogP contribution in [0.4, 0.5) is 5.69 Å². The number of nitrogens with two attached hydrogens (primary N) is 1. The minimum atomic E-state index is -4.01. The van der Waals surface area contributed by atoms with E-state index in [1.165, 1.54) is 0 Å². The summed E-state index contributed by atoms with van der Waals surface area (Å²) in [6.45, 7) is 6.34. The molecule has 0 aliphatic rings. The van der Waals surface area contributed by atoms with Crippen molar-refractivity contribution in [2.45, 2.75) is 40.0 Å². The maximum atomic E-state index is 11.6. The van der Waals surface area contributed by atoms with E-state index in [0.29, 0.717) is 25.1 Å². The van der Waals surface area contributed by atoms with Crippen molar-refractivity contribution in [2.75, 3.05) is 11.9 Å². The second-order valence-electron chi connectivity index (χ2n) is 8.72. The number of unbranched alkanes of at least 4 members (excludes halogenated alkanes) is 1. The highest BCUT2D eigenvalue weighted by molar-refractivity contribution is 7.87. The van der Waals surface area contributed by atoms with Crippen LogP contribution in [0.2, 0.25) is 0 Å². The Labute approximate surface area is 195 Å². The lowest BCUT2D eigenvalue weighted by Crippen LogP contribution is -2.40. The molecule has 0 saturated heterocycles. The highest BCUT2D eigenvalue weighted by atomic mass is 32.2. The normalized spacial score (nSPS) is 13.0. The molecule has 1 heterocycles. The van der Waals surface area contributed by atoms with Gasteiger partial charge in [-0.15, -0.1) is 0 Å². The van der Waals surface area contributed by atoms with Gasteiger partial charge < -0.3 is 10.4 Å². The van der Waals surface area contributed by atoms with Gasteiger partial charge in [0, 0.05) is 36.6 Å². The van der Waals surface area contributed by atoms with Gasteiger partial charge in [-0.3, -0.25) is 14.8 Å².